The molecule has 238 valence electrons. The van der Waals surface area contributed by atoms with E-state index in [1.807, 2.05) is 0 Å². The molecule has 0 spiro atoms. The third-order valence-electron chi connectivity index (χ3n) is 8.50. The second-order valence-corrected chi connectivity index (χ2v) is 11.3. The Kier molecular flexibility index (Phi) is 8.26. The summed E-state index contributed by atoms with van der Waals surface area (Å²) < 4.78 is 48.9. The van der Waals surface area contributed by atoms with Crippen molar-refractivity contribution < 1.29 is 41.4 Å². The molecule has 2 atom stereocenters. The van der Waals surface area contributed by atoms with Crippen molar-refractivity contribution in [3.8, 4) is 11.1 Å². The Morgan fingerprint density at radius 2 is 1.80 bits per heavy atom. The van der Waals surface area contributed by atoms with Crippen LogP contribution in [-0.2, 0) is 30.3 Å². The van der Waals surface area contributed by atoms with E-state index in [2.05, 4.69) is 5.32 Å². The van der Waals surface area contributed by atoms with Gasteiger partial charge in [0.25, 0.3) is 5.91 Å². The molecule has 2 aliphatic rings. The van der Waals surface area contributed by atoms with Crippen LogP contribution < -0.4 is 5.32 Å². The minimum absolute atomic E-state index is 0.0173. The fraction of sp³-hybridized carbons (Fsp3) is 0.294. The number of carbonyl (C=O) groups excluding carboxylic acids is 3. The highest BCUT2D eigenvalue weighted by Gasteiger charge is 2.54. The second-order valence-electron chi connectivity index (χ2n) is 11.3. The lowest BCUT2D eigenvalue weighted by Gasteiger charge is -2.35. The van der Waals surface area contributed by atoms with E-state index in [0.717, 1.165) is 12.1 Å². The lowest BCUT2D eigenvalue weighted by atomic mass is 9.89. The van der Waals surface area contributed by atoms with Crippen molar-refractivity contribution in [1.29, 1.82) is 0 Å². The topological polar surface area (TPSA) is 122 Å². The van der Waals surface area contributed by atoms with E-state index in [1.54, 1.807) is 43.3 Å². The van der Waals surface area contributed by atoms with Crippen LogP contribution in [-0.4, -0.2) is 40.6 Å². The molecule has 6 rings (SSSR count). The fourth-order valence-electron chi connectivity index (χ4n) is 6.25. The molecular weight excluding hydrogens is 603 g/mol. The molecule has 1 unspecified atom stereocenters. The lowest BCUT2D eigenvalue weighted by Crippen LogP contribution is -2.41. The molecule has 4 heterocycles. The van der Waals surface area contributed by atoms with Gasteiger partial charge in [-0.05, 0) is 67.3 Å². The van der Waals surface area contributed by atoms with Gasteiger partial charge in [-0.15, -0.1) is 0 Å². The number of fused-ring (bicyclic) bond motifs is 3. The molecule has 0 saturated carbocycles. The van der Waals surface area contributed by atoms with Gasteiger partial charge in [-0.25, -0.2) is 14.6 Å². The molecule has 9 nitrogen and oxygen atoms in total. The van der Waals surface area contributed by atoms with E-state index < -0.39 is 34.3 Å². The van der Waals surface area contributed by atoms with Crippen LogP contribution in [0.2, 0.25) is 0 Å². The van der Waals surface area contributed by atoms with Crippen LogP contribution in [0.1, 0.15) is 85.2 Å². The average molecular weight is 634 g/mol. The minimum atomic E-state index is -4.47. The Bertz CT molecular complexity index is 1790. The highest BCUT2D eigenvalue weighted by atomic mass is 19.4. The van der Waals surface area contributed by atoms with Crippen molar-refractivity contribution in [2.75, 3.05) is 13.2 Å². The summed E-state index contributed by atoms with van der Waals surface area (Å²) in [6.07, 6.45) is -1.62. The number of aryl methyl sites for hydroxylation is 2. The zero-order chi connectivity index (χ0) is 32.6. The summed E-state index contributed by atoms with van der Waals surface area (Å²) in [6.45, 7) is 1.93. The van der Waals surface area contributed by atoms with E-state index in [1.165, 1.54) is 18.4 Å². The minimum Gasteiger partial charge on any atom is -0.624 e. The first-order valence-electron chi connectivity index (χ1n) is 15.0. The Hall–Kier alpha value is -4.81. The number of hydroxylamine groups is 3. The summed E-state index contributed by atoms with van der Waals surface area (Å²) in [6, 6.07) is 13.8. The molecule has 0 bridgehead atoms. The van der Waals surface area contributed by atoms with E-state index in [9.17, 15) is 32.8 Å². The van der Waals surface area contributed by atoms with Crippen molar-refractivity contribution in [3.05, 3.63) is 117 Å². The summed E-state index contributed by atoms with van der Waals surface area (Å²) in [7, 11) is 0. The molecule has 2 amide bonds. The average Bonchev–Trinajstić information content (AvgIpc) is 3.75. The molecule has 2 aliphatic heterocycles. The maximum absolute atomic E-state index is 13.8. The maximum Gasteiger partial charge on any atom is 0.416 e. The third kappa shape index (κ3) is 5.69. The maximum atomic E-state index is 13.8. The van der Waals surface area contributed by atoms with E-state index >= 15 is 0 Å². The van der Waals surface area contributed by atoms with Gasteiger partial charge in [-0.2, -0.15) is 13.2 Å². The first-order chi connectivity index (χ1) is 22.0. The van der Waals surface area contributed by atoms with Crippen LogP contribution >= 0.6 is 0 Å². The van der Waals surface area contributed by atoms with Crippen LogP contribution in [0, 0.1) is 5.21 Å². The summed E-state index contributed by atoms with van der Waals surface area (Å²) >= 11 is 0. The van der Waals surface area contributed by atoms with Crippen molar-refractivity contribution in [2.24, 2.45) is 0 Å². The van der Waals surface area contributed by atoms with E-state index in [4.69, 9.17) is 14.1 Å². The number of amides is 2. The highest BCUT2D eigenvalue weighted by molar-refractivity contribution is 6.08. The molecule has 0 radical (unpaired) electrons. The van der Waals surface area contributed by atoms with Crippen molar-refractivity contribution in [2.45, 2.75) is 51.4 Å². The normalized spacial score (nSPS) is 18.7. The smallest absolute Gasteiger partial charge is 0.416 e. The number of quaternary nitrogens is 1. The Morgan fingerprint density at radius 1 is 1.07 bits per heavy atom. The lowest BCUT2D eigenvalue weighted by molar-refractivity contribution is -0.812. The van der Waals surface area contributed by atoms with Crippen molar-refractivity contribution >= 4 is 17.8 Å². The number of rotatable bonds is 9. The van der Waals surface area contributed by atoms with Crippen LogP contribution in [0.4, 0.5) is 13.2 Å². The van der Waals surface area contributed by atoms with Crippen molar-refractivity contribution in [3.63, 3.8) is 0 Å². The predicted molar refractivity (Wildman–Crippen MR) is 159 cm³/mol. The molecule has 46 heavy (non-hydrogen) atoms. The monoisotopic (exact) mass is 633 g/mol. The van der Waals surface area contributed by atoms with Crippen LogP contribution in [0.15, 0.2) is 71.3 Å². The number of aromatic nitrogens is 1. The van der Waals surface area contributed by atoms with Gasteiger partial charge in [0.05, 0.1) is 42.8 Å². The number of carbonyl (C=O) groups is 3. The van der Waals surface area contributed by atoms with Crippen LogP contribution in [0.5, 0.6) is 0 Å². The molecule has 4 aromatic rings. The van der Waals surface area contributed by atoms with Gasteiger partial charge in [0.2, 0.25) is 0 Å². The quantitative estimate of drug-likeness (QED) is 0.126. The third-order valence-corrected chi connectivity index (χ3v) is 8.50. The standard InChI is InChI=1S/C34H30F3N3O6/c1-2-45-33(43)28-25(16-9-20-7-14-23(15-8-20)34(35,36)37)39-30-26-6-3-17-40(26,44)32(42)29(30)27(28)21-10-12-22(13-11-21)31(41)38-19-24-5-4-18-46-24/h4-5,7-8,10-15,18,26H,2-3,6,9,16-17,19H2,1H3,(H,38,41)/t26-,40?/m0/s1. The molecule has 12 heteroatoms. The molecule has 0 aliphatic carbocycles. The number of hydrogen-bond donors (Lipinski definition) is 1. The molecule has 2 aromatic carbocycles. The summed E-state index contributed by atoms with van der Waals surface area (Å²) in [5.74, 6) is -1.21. The molecular formula is C34H30F3N3O6. The highest BCUT2D eigenvalue weighted by Crippen LogP contribution is 2.50. The summed E-state index contributed by atoms with van der Waals surface area (Å²) in [5.41, 5.74) is 1.43. The number of esters is 1. The predicted octanol–water partition coefficient (Wildman–Crippen LogP) is 6.56. The number of nitrogens with zero attached hydrogens (tertiary/aromatic N) is 2. The van der Waals surface area contributed by atoms with Crippen LogP contribution in [0.3, 0.4) is 0 Å². The first kappa shape index (κ1) is 31.2. The second kappa shape index (κ2) is 12.2. The van der Waals surface area contributed by atoms with Gasteiger partial charge in [0.15, 0.2) is 0 Å². The van der Waals surface area contributed by atoms with Crippen LogP contribution in [0.25, 0.3) is 11.1 Å². The van der Waals surface area contributed by atoms with Crippen molar-refractivity contribution in [1.82, 2.24) is 10.3 Å². The number of halogens is 3. The zero-order valence-corrected chi connectivity index (χ0v) is 24.9. The molecule has 1 N–H and O–H groups in total. The number of alkyl halides is 3. The summed E-state index contributed by atoms with van der Waals surface area (Å²) in [4.78, 5) is 45.0. The van der Waals surface area contributed by atoms with Gasteiger partial charge < -0.3 is 19.7 Å². The number of furan rings is 1. The number of benzene rings is 2. The Balaban J connectivity index is 1.42. The SMILES string of the molecule is CCOC(=O)c1c(CCc2ccc(C(F)(F)F)cc2)nc2c(c1-c1ccc(C(=O)NCc3ccco3)cc1)C(=O)[N+]1([O-])CCC[C@@H]21. The number of pyridine rings is 1. The van der Waals surface area contributed by atoms with Gasteiger partial charge in [0.1, 0.15) is 23.1 Å². The zero-order valence-electron chi connectivity index (χ0n) is 24.9. The molecule has 2 aromatic heterocycles. The number of hydrogen-bond acceptors (Lipinski definition) is 7. The molecule has 1 saturated heterocycles. The van der Waals surface area contributed by atoms with Gasteiger partial charge in [0, 0.05) is 24.0 Å². The summed E-state index contributed by atoms with van der Waals surface area (Å²) in [5, 5.41) is 16.6. The van der Waals surface area contributed by atoms with E-state index in [-0.39, 0.29) is 60.8 Å². The Morgan fingerprint density at radius 3 is 2.46 bits per heavy atom. The van der Waals surface area contributed by atoms with Gasteiger partial charge in [-0.3, -0.25) is 9.44 Å². The van der Waals surface area contributed by atoms with E-state index in [0.29, 0.717) is 41.0 Å². The van der Waals surface area contributed by atoms with Gasteiger partial charge >= 0.3 is 18.1 Å². The first-order valence-corrected chi connectivity index (χ1v) is 15.0. The molecule has 1 fully saturated rings. The largest absolute Gasteiger partial charge is 0.624 e. The number of nitrogens with one attached hydrogen (secondary N) is 1. The fourth-order valence-corrected chi connectivity index (χ4v) is 6.25. The number of ether oxygens (including phenoxy) is 1. The van der Waals surface area contributed by atoms with Gasteiger partial charge in [-0.1, -0.05) is 24.3 Å². The Labute approximate surface area is 262 Å².